The Labute approximate surface area is 157 Å². The van der Waals surface area contributed by atoms with Crippen LogP contribution in [0.15, 0.2) is 27.9 Å². The third-order valence-electron chi connectivity index (χ3n) is 4.42. The molecule has 0 amide bonds. The highest BCUT2D eigenvalue weighted by molar-refractivity contribution is 7.89. The molecule has 0 saturated carbocycles. The first-order valence-corrected chi connectivity index (χ1v) is 10.3. The van der Waals surface area contributed by atoms with Gasteiger partial charge in [-0.15, -0.1) is 0 Å². The largest absolute Gasteiger partial charge is 0.340 e. The van der Waals surface area contributed by atoms with Crippen molar-refractivity contribution < 1.29 is 12.8 Å². The second kappa shape index (κ2) is 6.62. The van der Waals surface area contributed by atoms with E-state index in [1.165, 1.54) is 17.3 Å². The molecule has 27 heavy (non-hydrogen) atoms. The number of nitrogens with one attached hydrogen (secondary N) is 1. The summed E-state index contributed by atoms with van der Waals surface area (Å²) >= 11 is 0.967. The minimum Gasteiger partial charge on any atom is -0.340 e. The second-order valence-corrected chi connectivity index (χ2v) is 8.50. The fourth-order valence-corrected chi connectivity index (χ4v) is 5.15. The molecule has 3 heterocycles. The lowest BCUT2D eigenvalue weighted by Crippen LogP contribution is -2.49. The van der Waals surface area contributed by atoms with Crippen LogP contribution in [0.4, 0.5) is 10.3 Å². The van der Waals surface area contributed by atoms with Crippen molar-refractivity contribution in [2.24, 2.45) is 0 Å². The fraction of sp³-hybridized carbons (Fsp3) is 0.333. The number of aryl methyl sites for hydroxylation is 1. The van der Waals surface area contributed by atoms with E-state index in [1.807, 2.05) is 0 Å². The maximum Gasteiger partial charge on any atom is 0.288 e. The first-order valence-electron chi connectivity index (χ1n) is 8.11. The molecule has 0 unspecified atom stereocenters. The summed E-state index contributed by atoms with van der Waals surface area (Å²) in [7, 11) is -3.73. The van der Waals surface area contributed by atoms with Crippen LogP contribution in [-0.2, 0) is 10.0 Å². The van der Waals surface area contributed by atoms with Gasteiger partial charge in [0.1, 0.15) is 15.9 Å². The molecule has 4 rings (SSSR count). The van der Waals surface area contributed by atoms with Gasteiger partial charge < -0.3 is 4.90 Å². The van der Waals surface area contributed by atoms with Crippen molar-refractivity contribution in [3.8, 4) is 0 Å². The van der Waals surface area contributed by atoms with Gasteiger partial charge in [-0.3, -0.25) is 9.78 Å². The molecule has 3 aromatic rings. The van der Waals surface area contributed by atoms with Crippen molar-refractivity contribution in [3.63, 3.8) is 0 Å². The Morgan fingerprint density at radius 2 is 1.93 bits per heavy atom. The normalized spacial score (nSPS) is 16.1. The lowest BCUT2D eigenvalue weighted by atomic mass is 10.3. The molecule has 2 aromatic heterocycles. The zero-order valence-corrected chi connectivity index (χ0v) is 15.8. The Morgan fingerprint density at radius 3 is 2.63 bits per heavy atom. The van der Waals surface area contributed by atoms with E-state index in [1.54, 1.807) is 17.0 Å². The van der Waals surface area contributed by atoms with Gasteiger partial charge in [0, 0.05) is 26.2 Å². The summed E-state index contributed by atoms with van der Waals surface area (Å²) in [6.45, 7) is 2.46. The lowest BCUT2D eigenvalue weighted by Gasteiger charge is -2.34. The minimum atomic E-state index is -3.73. The molecule has 1 aliphatic heterocycles. The fourth-order valence-electron chi connectivity index (χ4n) is 2.98. The van der Waals surface area contributed by atoms with Crippen LogP contribution in [0.1, 0.15) is 5.69 Å². The molecule has 1 aliphatic rings. The number of hydrogen-bond donors (Lipinski definition) is 1. The van der Waals surface area contributed by atoms with Crippen LogP contribution >= 0.6 is 11.7 Å². The van der Waals surface area contributed by atoms with Gasteiger partial charge in [-0.25, -0.2) is 13.4 Å². The molecule has 12 heteroatoms. The Balaban J connectivity index is 1.57. The van der Waals surface area contributed by atoms with E-state index < -0.39 is 21.4 Å². The predicted molar refractivity (Wildman–Crippen MR) is 97.9 cm³/mol. The van der Waals surface area contributed by atoms with Crippen LogP contribution in [0.2, 0.25) is 0 Å². The maximum atomic E-state index is 13.5. The van der Waals surface area contributed by atoms with Gasteiger partial charge in [0.15, 0.2) is 0 Å². The predicted octanol–water partition coefficient (Wildman–Crippen LogP) is 0.733. The van der Waals surface area contributed by atoms with E-state index in [0.29, 0.717) is 24.1 Å². The smallest absolute Gasteiger partial charge is 0.288 e. The number of hydrogen-bond acceptors (Lipinski definition) is 8. The monoisotopic (exact) mass is 410 g/mol. The maximum absolute atomic E-state index is 13.5. The molecule has 0 bridgehead atoms. The van der Waals surface area contributed by atoms with E-state index in [9.17, 15) is 17.6 Å². The second-order valence-electron chi connectivity index (χ2n) is 6.07. The number of piperazine rings is 1. The number of benzene rings is 1. The number of aromatic nitrogens is 4. The number of anilines is 1. The Kier molecular flexibility index (Phi) is 4.40. The van der Waals surface area contributed by atoms with Crippen LogP contribution in [0, 0.1) is 12.7 Å². The van der Waals surface area contributed by atoms with E-state index >= 15 is 0 Å². The van der Waals surface area contributed by atoms with Crippen LogP contribution in [-0.4, -0.2) is 57.6 Å². The van der Waals surface area contributed by atoms with Gasteiger partial charge in [0.05, 0.1) is 17.4 Å². The Hall–Kier alpha value is -2.44. The number of halogens is 1. The molecule has 0 aliphatic carbocycles. The van der Waals surface area contributed by atoms with Gasteiger partial charge in [-0.2, -0.15) is 17.4 Å². The van der Waals surface area contributed by atoms with E-state index in [4.69, 9.17) is 0 Å². The first-order chi connectivity index (χ1) is 12.9. The molecule has 1 aromatic carbocycles. The quantitative estimate of drug-likeness (QED) is 0.677. The van der Waals surface area contributed by atoms with E-state index in [2.05, 4.69) is 18.7 Å². The third kappa shape index (κ3) is 3.09. The van der Waals surface area contributed by atoms with Crippen LogP contribution in [0.25, 0.3) is 11.0 Å². The topological polar surface area (TPSA) is 112 Å². The summed E-state index contributed by atoms with van der Waals surface area (Å²) in [4.78, 5) is 19.9. The molecule has 9 nitrogen and oxygen atoms in total. The lowest BCUT2D eigenvalue weighted by molar-refractivity contribution is 0.382. The van der Waals surface area contributed by atoms with E-state index in [0.717, 1.165) is 11.7 Å². The summed E-state index contributed by atoms with van der Waals surface area (Å²) in [6.07, 6.45) is 0. The van der Waals surface area contributed by atoms with Gasteiger partial charge in [-0.1, -0.05) is 6.07 Å². The molecule has 0 spiro atoms. The molecule has 0 radical (unpaired) electrons. The van der Waals surface area contributed by atoms with Gasteiger partial charge in [0.2, 0.25) is 21.8 Å². The number of H-pyrrole nitrogens is 1. The molecule has 0 atom stereocenters. The number of aromatic amines is 1. The summed E-state index contributed by atoms with van der Waals surface area (Å²) in [5, 5.41) is 0. The minimum absolute atomic E-state index is 0.00603. The zero-order chi connectivity index (χ0) is 19.2. The van der Waals surface area contributed by atoms with Crippen molar-refractivity contribution in [3.05, 3.63) is 40.1 Å². The molecule has 1 saturated heterocycles. The van der Waals surface area contributed by atoms with E-state index in [-0.39, 0.29) is 29.6 Å². The summed E-state index contributed by atoms with van der Waals surface area (Å²) in [5.74, 6) is -0.674. The summed E-state index contributed by atoms with van der Waals surface area (Å²) in [6, 6.07) is 4.88. The number of fused-ring (bicyclic) bond motifs is 1. The van der Waals surface area contributed by atoms with Crippen LogP contribution in [0.5, 0.6) is 0 Å². The summed E-state index contributed by atoms with van der Waals surface area (Å²) in [5.41, 5.74) is 0.0788. The Morgan fingerprint density at radius 1 is 1.19 bits per heavy atom. The van der Waals surface area contributed by atoms with Crippen molar-refractivity contribution in [2.45, 2.75) is 11.8 Å². The average Bonchev–Trinajstić information content (AvgIpc) is 3.14. The number of nitrogens with zero attached hydrogens (tertiary/aromatic N) is 5. The van der Waals surface area contributed by atoms with Crippen molar-refractivity contribution in [1.82, 2.24) is 23.0 Å². The Bertz CT molecular complexity index is 1170. The van der Waals surface area contributed by atoms with Crippen molar-refractivity contribution in [2.75, 3.05) is 31.1 Å². The molecular formula is C15H15FN6O3S2. The SMILES string of the molecule is Cc1nc(N2CCN(S(=O)(=O)c3cccc4nsnc34)CC2)[nH]c(=O)c1F. The number of rotatable bonds is 3. The average molecular weight is 410 g/mol. The standard InChI is InChI=1S/C15H15FN6O3S2/c1-9-12(16)14(23)18-15(17-9)21-5-7-22(8-6-21)27(24,25)11-4-2-3-10-13(11)20-26-19-10/h2-4H,5-8H2,1H3,(H,17,18,23). The molecular weight excluding hydrogens is 395 g/mol. The highest BCUT2D eigenvalue weighted by Gasteiger charge is 2.31. The van der Waals surface area contributed by atoms with Crippen LogP contribution < -0.4 is 10.5 Å². The van der Waals surface area contributed by atoms with Gasteiger partial charge >= 0.3 is 0 Å². The summed E-state index contributed by atoms with van der Waals surface area (Å²) < 4.78 is 49.0. The molecule has 1 N–H and O–H groups in total. The van der Waals surface area contributed by atoms with Crippen molar-refractivity contribution >= 4 is 38.7 Å². The van der Waals surface area contributed by atoms with Crippen LogP contribution in [0.3, 0.4) is 0 Å². The van der Waals surface area contributed by atoms with Crippen molar-refractivity contribution in [1.29, 1.82) is 0 Å². The van der Waals surface area contributed by atoms with Gasteiger partial charge in [-0.05, 0) is 19.1 Å². The molecule has 1 fully saturated rings. The zero-order valence-electron chi connectivity index (χ0n) is 14.2. The number of sulfonamides is 1. The highest BCUT2D eigenvalue weighted by atomic mass is 32.2. The third-order valence-corrected chi connectivity index (χ3v) is 6.89. The van der Waals surface area contributed by atoms with Gasteiger partial charge in [0.25, 0.3) is 5.56 Å². The highest BCUT2D eigenvalue weighted by Crippen LogP contribution is 2.25. The molecule has 142 valence electrons. The first kappa shape index (κ1) is 17.9.